The quantitative estimate of drug-likeness (QED) is 0.825. The number of anilines is 1. The van der Waals surface area contributed by atoms with Crippen LogP contribution in [0.1, 0.15) is 25.3 Å². The molecular formula is C13H18FNO2. The van der Waals surface area contributed by atoms with Gasteiger partial charge in [-0.05, 0) is 25.8 Å². The van der Waals surface area contributed by atoms with E-state index in [2.05, 4.69) is 0 Å². The third-order valence-corrected chi connectivity index (χ3v) is 3.40. The van der Waals surface area contributed by atoms with Crippen molar-refractivity contribution < 1.29 is 14.6 Å². The second kappa shape index (κ2) is 4.63. The van der Waals surface area contributed by atoms with Crippen molar-refractivity contribution in [2.24, 2.45) is 0 Å². The third-order valence-electron chi connectivity index (χ3n) is 3.40. The molecule has 0 atom stereocenters. The van der Waals surface area contributed by atoms with Crippen molar-refractivity contribution in [3.8, 4) is 0 Å². The van der Waals surface area contributed by atoms with Crippen LogP contribution in [0.4, 0.5) is 10.1 Å². The maximum atomic E-state index is 13.8. The minimum atomic E-state index is -0.652. The first-order chi connectivity index (χ1) is 8.03. The summed E-state index contributed by atoms with van der Waals surface area (Å²) < 4.78 is 13.8. The van der Waals surface area contributed by atoms with Gasteiger partial charge in [0, 0.05) is 18.7 Å². The van der Waals surface area contributed by atoms with E-state index >= 15 is 0 Å². The lowest BCUT2D eigenvalue weighted by Crippen LogP contribution is -2.43. The molecule has 0 radical (unpaired) electrons. The minimum Gasteiger partial charge on any atom is -0.392 e. The second-order valence-corrected chi connectivity index (χ2v) is 4.89. The Morgan fingerprint density at radius 3 is 2.59 bits per heavy atom. The van der Waals surface area contributed by atoms with Gasteiger partial charge in [0.15, 0.2) is 0 Å². The van der Waals surface area contributed by atoms with Crippen molar-refractivity contribution in [1.82, 2.24) is 0 Å². The van der Waals surface area contributed by atoms with Gasteiger partial charge in [-0.25, -0.2) is 4.39 Å². The Labute approximate surface area is 100 Å². The Hall–Kier alpha value is -1.13. The molecule has 94 valence electrons. The molecule has 4 heteroatoms. The molecule has 0 aromatic heterocycles. The first-order valence-electron chi connectivity index (χ1n) is 5.89. The Balaban J connectivity index is 2.23. The molecule has 0 amide bonds. The Bertz CT molecular complexity index is 396. The van der Waals surface area contributed by atoms with E-state index in [4.69, 9.17) is 0 Å². The van der Waals surface area contributed by atoms with Gasteiger partial charge in [0.2, 0.25) is 0 Å². The van der Waals surface area contributed by atoms with E-state index in [1.807, 2.05) is 4.90 Å². The number of aliphatic hydroxyl groups excluding tert-OH is 1. The first-order valence-corrected chi connectivity index (χ1v) is 5.89. The molecule has 0 aliphatic carbocycles. The van der Waals surface area contributed by atoms with Crippen molar-refractivity contribution in [3.63, 3.8) is 0 Å². The monoisotopic (exact) mass is 239 g/mol. The SMILES string of the molecule is CC1(O)CCN(c2c(F)cccc2CO)CC1. The lowest BCUT2D eigenvalue weighted by molar-refractivity contribution is 0.0349. The molecule has 0 saturated carbocycles. The highest BCUT2D eigenvalue weighted by Gasteiger charge is 2.29. The largest absolute Gasteiger partial charge is 0.392 e. The zero-order chi connectivity index (χ0) is 12.5. The number of nitrogens with zero attached hydrogens (tertiary/aromatic N) is 1. The summed E-state index contributed by atoms with van der Waals surface area (Å²) in [6.07, 6.45) is 1.23. The summed E-state index contributed by atoms with van der Waals surface area (Å²) in [7, 11) is 0. The lowest BCUT2D eigenvalue weighted by atomic mass is 9.93. The molecule has 3 nitrogen and oxygen atoms in total. The van der Waals surface area contributed by atoms with Crippen LogP contribution in [0, 0.1) is 5.82 Å². The van der Waals surface area contributed by atoms with Crippen LogP contribution in [0.2, 0.25) is 0 Å². The topological polar surface area (TPSA) is 43.7 Å². The van der Waals surface area contributed by atoms with Crippen LogP contribution in [-0.2, 0) is 6.61 Å². The molecular weight excluding hydrogens is 221 g/mol. The molecule has 1 aromatic carbocycles. The molecule has 0 bridgehead atoms. The summed E-state index contributed by atoms with van der Waals surface area (Å²) in [5.74, 6) is -0.307. The highest BCUT2D eigenvalue weighted by molar-refractivity contribution is 5.55. The highest BCUT2D eigenvalue weighted by Crippen LogP contribution is 2.30. The number of rotatable bonds is 2. The normalized spacial score (nSPS) is 19.4. The van der Waals surface area contributed by atoms with E-state index in [1.54, 1.807) is 19.1 Å². The van der Waals surface area contributed by atoms with Gasteiger partial charge in [0.05, 0.1) is 17.9 Å². The fourth-order valence-electron chi connectivity index (χ4n) is 2.25. The molecule has 0 unspecified atom stereocenters. The number of aliphatic hydroxyl groups is 2. The van der Waals surface area contributed by atoms with Gasteiger partial charge < -0.3 is 15.1 Å². The molecule has 1 saturated heterocycles. The van der Waals surface area contributed by atoms with Crippen molar-refractivity contribution in [3.05, 3.63) is 29.6 Å². The summed E-state index contributed by atoms with van der Waals surface area (Å²) in [6, 6.07) is 4.73. The predicted octanol–water partition coefficient (Wildman–Crippen LogP) is 1.67. The summed E-state index contributed by atoms with van der Waals surface area (Å²) >= 11 is 0. The standard InChI is InChI=1S/C13H18FNO2/c1-13(17)5-7-15(8-6-13)12-10(9-16)3-2-4-11(12)14/h2-4,16-17H,5-9H2,1H3. The summed E-state index contributed by atoms with van der Waals surface area (Å²) in [6.45, 7) is 2.86. The molecule has 1 fully saturated rings. The van der Waals surface area contributed by atoms with Gasteiger partial charge in [-0.1, -0.05) is 12.1 Å². The summed E-state index contributed by atoms with van der Waals surface area (Å²) in [5.41, 5.74) is 0.429. The van der Waals surface area contributed by atoms with Crippen molar-refractivity contribution in [1.29, 1.82) is 0 Å². The number of para-hydroxylation sites is 1. The Kier molecular flexibility index (Phi) is 3.35. The van der Waals surface area contributed by atoms with Gasteiger partial charge in [0.25, 0.3) is 0 Å². The number of hydrogen-bond donors (Lipinski definition) is 2. The molecule has 1 aliphatic heterocycles. The number of halogens is 1. The van der Waals surface area contributed by atoms with E-state index in [-0.39, 0.29) is 12.4 Å². The Morgan fingerprint density at radius 1 is 1.35 bits per heavy atom. The van der Waals surface area contributed by atoms with Gasteiger partial charge in [-0.15, -0.1) is 0 Å². The highest BCUT2D eigenvalue weighted by atomic mass is 19.1. The fourth-order valence-corrected chi connectivity index (χ4v) is 2.25. The van der Waals surface area contributed by atoms with E-state index in [0.717, 1.165) is 0 Å². The molecule has 2 rings (SSSR count). The minimum absolute atomic E-state index is 0.167. The van der Waals surface area contributed by atoms with Crippen LogP contribution in [0.3, 0.4) is 0 Å². The molecule has 1 heterocycles. The maximum absolute atomic E-state index is 13.8. The second-order valence-electron chi connectivity index (χ2n) is 4.89. The summed E-state index contributed by atoms with van der Waals surface area (Å²) in [5, 5.41) is 19.1. The average Bonchev–Trinajstić information content (AvgIpc) is 2.29. The average molecular weight is 239 g/mol. The smallest absolute Gasteiger partial charge is 0.146 e. The van der Waals surface area contributed by atoms with Gasteiger partial charge in [-0.2, -0.15) is 0 Å². The fraction of sp³-hybridized carbons (Fsp3) is 0.538. The molecule has 1 aromatic rings. The maximum Gasteiger partial charge on any atom is 0.146 e. The van der Waals surface area contributed by atoms with Crippen molar-refractivity contribution in [2.75, 3.05) is 18.0 Å². The zero-order valence-corrected chi connectivity index (χ0v) is 9.99. The van der Waals surface area contributed by atoms with E-state index in [1.165, 1.54) is 6.07 Å². The number of hydrogen-bond acceptors (Lipinski definition) is 3. The van der Waals surface area contributed by atoms with Gasteiger partial charge in [0.1, 0.15) is 5.82 Å². The van der Waals surface area contributed by atoms with Gasteiger partial charge >= 0.3 is 0 Å². The molecule has 17 heavy (non-hydrogen) atoms. The number of piperidine rings is 1. The molecule has 1 aliphatic rings. The van der Waals surface area contributed by atoms with Crippen LogP contribution in [0.25, 0.3) is 0 Å². The lowest BCUT2D eigenvalue weighted by Gasteiger charge is -2.38. The van der Waals surface area contributed by atoms with Crippen LogP contribution in [0.15, 0.2) is 18.2 Å². The molecule has 0 spiro atoms. The number of benzene rings is 1. The van der Waals surface area contributed by atoms with Crippen LogP contribution >= 0.6 is 0 Å². The third kappa shape index (κ3) is 2.58. The van der Waals surface area contributed by atoms with Crippen LogP contribution < -0.4 is 4.90 Å². The van der Waals surface area contributed by atoms with Crippen LogP contribution in [0.5, 0.6) is 0 Å². The summed E-state index contributed by atoms with van der Waals surface area (Å²) in [4.78, 5) is 1.90. The molecule has 2 N–H and O–H groups in total. The zero-order valence-electron chi connectivity index (χ0n) is 9.99. The first kappa shape index (κ1) is 12.3. The van der Waals surface area contributed by atoms with E-state index in [0.29, 0.717) is 37.2 Å². The van der Waals surface area contributed by atoms with Gasteiger partial charge in [-0.3, -0.25) is 0 Å². The van der Waals surface area contributed by atoms with Crippen molar-refractivity contribution in [2.45, 2.75) is 32.0 Å². The van der Waals surface area contributed by atoms with Crippen LogP contribution in [-0.4, -0.2) is 28.9 Å². The Morgan fingerprint density at radius 2 is 2.00 bits per heavy atom. The van der Waals surface area contributed by atoms with E-state index in [9.17, 15) is 14.6 Å². The van der Waals surface area contributed by atoms with Crippen molar-refractivity contribution >= 4 is 5.69 Å². The van der Waals surface area contributed by atoms with E-state index < -0.39 is 5.60 Å². The predicted molar refractivity (Wildman–Crippen MR) is 64.4 cm³/mol.